The topological polar surface area (TPSA) is 122 Å². The Morgan fingerprint density at radius 1 is 0.692 bits per heavy atom. The number of rotatable bonds is 37. The highest BCUT2D eigenvalue weighted by Crippen LogP contribution is 2.52. The molecule has 1 heterocycles. The van der Waals surface area contributed by atoms with Crippen molar-refractivity contribution < 1.29 is 47.3 Å². The quantitative estimate of drug-likeness (QED) is 0.0359. The van der Waals surface area contributed by atoms with Crippen molar-refractivity contribution in [1.29, 1.82) is 0 Å². The Hall–Kier alpha value is -0.910. The van der Waals surface area contributed by atoms with Crippen molar-refractivity contribution >= 4 is 7.82 Å². The first-order valence-electron chi connectivity index (χ1n) is 20.5. The van der Waals surface area contributed by atoms with E-state index in [1.807, 2.05) is 0 Å². The number of aliphatic hydroxyl groups is 2. The Labute approximate surface area is 317 Å². The normalized spacial score (nSPS) is 21.5. The molecule has 0 aromatic rings. The molecule has 1 rings (SSSR count). The van der Waals surface area contributed by atoms with Crippen LogP contribution in [-0.2, 0) is 37.1 Å². The van der Waals surface area contributed by atoms with Gasteiger partial charge in [0, 0.05) is 20.3 Å². The third-order valence-corrected chi connectivity index (χ3v) is 10.9. The molecule has 0 radical (unpaired) electrons. The zero-order valence-corrected chi connectivity index (χ0v) is 34.1. The zero-order valence-electron chi connectivity index (χ0n) is 33.2. The molecule has 0 aromatic heterocycles. The van der Waals surface area contributed by atoms with E-state index in [1.165, 1.54) is 102 Å². The number of allylic oxidation sites excluding steroid dienone is 2. The highest BCUT2D eigenvalue weighted by Gasteiger charge is 2.50. The molecular weight excluding hydrogens is 683 g/mol. The van der Waals surface area contributed by atoms with E-state index in [-0.39, 0.29) is 25.9 Å². The van der Waals surface area contributed by atoms with Gasteiger partial charge in [0.05, 0.1) is 25.9 Å². The molecule has 1 fully saturated rings. The van der Waals surface area contributed by atoms with Crippen LogP contribution in [-0.4, -0.2) is 87.2 Å². The Bertz CT molecular complexity index is 902. The Morgan fingerprint density at radius 2 is 1.21 bits per heavy atom. The summed E-state index contributed by atoms with van der Waals surface area (Å²) in [6.45, 7) is 11.6. The molecule has 0 bridgehead atoms. The lowest BCUT2D eigenvalue weighted by Gasteiger charge is -2.44. The number of ether oxygens (including phenoxy) is 4. The highest BCUT2D eigenvalue weighted by molar-refractivity contribution is 7.48. The molecule has 0 amide bonds. The van der Waals surface area contributed by atoms with Crippen LogP contribution in [0, 0.1) is 0 Å². The molecule has 1 aliphatic rings. The Kier molecular flexibility index (Phi) is 31.6. The van der Waals surface area contributed by atoms with E-state index in [9.17, 15) is 14.8 Å². The monoisotopic (exact) mass is 761 g/mol. The number of phosphoric acid groups is 1. The van der Waals surface area contributed by atoms with E-state index in [2.05, 4.69) is 39.2 Å². The smallest absolute Gasteiger partial charge is 0.394 e. The first kappa shape index (κ1) is 49.1. The van der Waals surface area contributed by atoms with E-state index in [4.69, 9.17) is 32.5 Å². The number of hydrogen-bond acceptors (Lipinski definition) is 10. The molecule has 0 spiro atoms. The largest absolute Gasteiger partial charge is 0.475 e. The molecule has 0 aromatic carbocycles. The van der Waals surface area contributed by atoms with Gasteiger partial charge in [0.1, 0.15) is 24.4 Å². The van der Waals surface area contributed by atoms with E-state index < -0.39 is 45.1 Å². The summed E-state index contributed by atoms with van der Waals surface area (Å²) in [5, 5.41) is 21.3. The summed E-state index contributed by atoms with van der Waals surface area (Å²) in [5.41, 5.74) is 0. The average Bonchev–Trinajstić information content (AvgIpc) is 3.15. The standard InChI is InChI=1S/C41H77O10P/c1-6-10-12-14-15-16-17-18-19-20-21-22-23-24-26-28-33-46-40-39(47-34-30-36(45-5)29-27-25-13-11-7-2)38(37(35-42)50-41(40)43)51-52(44,48-31-8-3)49-32-9-4/h8-9,16-17,36-43H,3-4,6-7,10-15,18-35H2,1-2,5H3/t36-,37-,38-,39+,40-,41?/m1/s1. The lowest BCUT2D eigenvalue weighted by Crippen LogP contribution is -2.61. The van der Waals surface area contributed by atoms with E-state index in [0.717, 1.165) is 38.5 Å². The second-order valence-electron chi connectivity index (χ2n) is 13.9. The summed E-state index contributed by atoms with van der Waals surface area (Å²) >= 11 is 0. The predicted octanol–water partition coefficient (Wildman–Crippen LogP) is 10.2. The fourth-order valence-electron chi connectivity index (χ4n) is 6.33. The fraction of sp³-hybridized carbons (Fsp3) is 0.854. The maximum Gasteiger partial charge on any atom is 0.475 e. The molecule has 1 saturated heterocycles. The van der Waals surface area contributed by atoms with Crippen molar-refractivity contribution in [2.45, 2.75) is 185 Å². The lowest BCUT2D eigenvalue weighted by molar-refractivity contribution is -0.301. The van der Waals surface area contributed by atoms with Crippen molar-refractivity contribution in [3.63, 3.8) is 0 Å². The van der Waals surface area contributed by atoms with Gasteiger partial charge in [-0.3, -0.25) is 13.6 Å². The Balaban J connectivity index is 2.73. The minimum atomic E-state index is -4.18. The Morgan fingerprint density at radius 3 is 1.77 bits per heavy atom. The van der Waals surface area contributed by atoms with Gasteiger partial charge >= 0.3 is 7.82 Å². The van der Waals surface area contributed by atoms with E-state index in [1.54, 1.807) is 7.11 Å². The lowest BCUT2D eigenvalue weighted by atomic mass is 9.98. The zero-order chi connectivity index (χ0) is 38.1. The average molecular weight is 761 g/mol. The van der Waals surface area contributed by atoms with Crippen LogP contribution in [0.1, 0.15) is 149 Å². The summed E-state index contributed by atoms with van der Waals surface area (Å²) in [6, 6.07) is 0. The van der Waals surface area contributed by atoms with Crippen LogP contribution in [0.2, 0.25) is 0 Å². The third-order valence-electron chi connectivity index (χ3n) is 9.42. The van der Waals surface area contributed by atoms with Crippen molar-refractivity contribution in [2.24, 2.45) is 0 Å². The van der Waals surface area contributed by atoms with Gasteiger partial charge in [0.25, 0.3) is 0 Å². The number of unbranched alkanes of at least 4 members (excludes halogenated alkanes) is 16. The summed E-state index contributed by atoms with van der Waals surface area (Å²) < 4.78 is 54.6. The van der Waals surface area contributed by atoms with Crippen molar-refractivity contribution in [1.82, 2.24) is 0 Å². The molecule has 52 heavy (non-hydrogen) atoms. The van der Waals surface area contributed by atoms with Crippen molar-refractivity contribution in [3.8, 4) is 0 Å². The van der Waals surface area contributed by atoms with Crippen LogP contribution in [0.3, 0.4) is 0 Å². The molecule has 1 unspecified atom stereocenters. The minimum Gasteiger partial charge on any atom is -0.394 e. The van der Waals surface area contributed by atoms with Gasteiger partial charge < -0.3 is 29.2 Å². The molecule has 11 heteroatoms. The first-order chi connectivity index (χ1) is 25.4. The molecule has 0 saturated carbocycles. The van der Waals surface area contributed by atoms with Gasteiger partial charge in [-0.1, -0.05) is 128 Å². The summed E-state index contributed by atoms with van der Waals surface area (Å²) in [6.07, 6.45) is 26.3. The van der Waals surface area contributed by atoms with Crippen LogP contribution in [0.15, 0.2) is 37.5 Å². The van der Waals surface area contributed by atoms with Gasteiger partial charge in [0.15, 0.2) is 6.29 Å². The predicted molar refractivity (Wildman–Crippen MR) is 210 cm³/mol. The van der Waals surface area contributed by atoms with Gasteiger partial charge in [0.2, 0.25) is 0 Å². The molecule has 1 aliphatic heterocycles. The minimum absolute atomic E-state index is 0.00124. The number of methoxy groups -OCH3 is 1. The summed E-state index contributed by atoms with van der Waals surface area (Å²) in [5.74, 6) is 0. The summed E-state index contributed by atoms with van der Waals surface area (Å²) in [4.78, 5) is 0. The molecule has 0 aliphatic carbocycles. The van der Waals surface area contributed by atoms with Crippen molar-refractivity contribution in [3.05, 3.63) is 37.5 Å². The second-order valence-corrected chi connectivity index (χ2v) is 15.5. The highest BCUT2D eigenvalue weighted by atomic mass is 31.2. The molecule has 6 atom stereocenters. The van der Waals surface area contributed by atoms with Crippen molar-refractivity contribution in [2.75, 3.05) is 40.1 Å². The molecule has 306 valence electrons. The molecular formula is C41H77O10P. The second kappa shape index (κ2) is 33.4. The van der Waals surface area contributed by atoms with Crippen LogP contribution in [0.4, 0.5) is 0 Å². The number of aliphatic hydroxyl groups excluding tert-OH is 2. The van der Waals surface area contributed by atoms with Crippen LogP contribution >= 0.6 is 7.82 Å². The molecule has 10 nitrogen and oxygen atoms in total. The van der Waals surface area contributed by atoms with Gasteiger partial charge in [-0.15, -0.1) is 13.2 Å². The van der Waals surface area contributed by atoms with Crippen LogP contribution in [0.5, 0.6) is 0 Å². The van der Waals surface area contributed by atoms with Gasteiger partial charge in [-0.25, -0.2) is 4.57 Å². The number of hydrogen-bond donors (Lipinski definition) is 2. The van der Waals surface area contributed by atoms with Gasteiger partial charge in [-0.2, -0.15) is 0 Å². The fourth-order valence-corrected chi connectivity index (χ4v) is 7.66. The summed E-state index contributed by atoms with van der Waals surface area (Å²) in [7, 11) is -2.48. The SMILES string of the molecule is C=CCOP(=O)(OCC=C)O[C@H]1[C@H](OCC[C@@H](CCCCCCC)OC)[C@@H](OCCCCCCCCCCC=CCCCCCC)C(O)O[C@@H]1CO. The van der Waals surface area contributed by atoms with E-state index >= 15 is 0 Å². The van der Waals surface area contributed by atoms with Crippen LogP contribution < -0.4 is 0 Å². The van der Waals surface area contributed by atoms with Gasteiger partial charge in [-0.05, 0) is 44.9 Å². The maximum absolute atomic E-state index is 13.7. The first-order valence-corrected chi connectivity index (χ1v) is 22.0. The van der Waals surface area contributed by atoms with E-state index in [0.29, 0.717) is 13.0 Å². The number of phosphoric ester groups is 1. The van der Waals surface area contributed by atoms with Crippen LogP contribution in [0.25, 0.3) is 0 Å². The molecule has 2 N–H and O–H groups in total. The third kappa shape index (κ3) is 23.1. The maximum atomic E-state index is 13.7.